The van der Waals surface area contributed by atoms with Crippen LogP contribution >= 0.6 is 0 Å². The molecule has 0 spiro atoms. The standard InChI is InChI=1S/C19H35N3O2/c1-3-24-13-11-19(9-4-5-10-19)15-20-18(23)22-12-8-16-6-7-17(14-22)21(16)2/h16-17H,3-15H2,1-2H3,(H,20,23)/t16-,17+/m1/s1. The van der Waals surface area contributed by atoms with Gasteiger partial charge in [0.25, 0.3) is 0 Å². The van der Waals surface area contributed by atoms with Gasteiger partial charge in [-0.3, -0.25) is 4.90 Å². The molecule has 1 saturated carbocycles. The molecule has 24 heavy (non-hydrogen) atoms. The Bertz CT molecular complexity index is 423. The van der Waals surface area contributed by atoms with Gasteiger partial charge in [-0.1, -0.05) is 12.8 Å². The Morgan fingerprint density at radius 3 is 2.71 bits per heavy atom. The van der Waals surface area contributed by atoms with Gasteiger partial charge in [-0.2, -0.15) is 0 Å². The summed E-state index contributed by atoms with van der Waals surface area (Å²) in [6.45, 7) is 6.28. The molecule has 138 valence electrons. The Hall–Kier alpha value is -0.810. The van der Waals surface area contributed by atoms with Crippen molar-refractivity contribution in [3.05, 3.63) is 0 Å². The van der Waals surface area contributed by atoms with Gasteiger partial charge in [-0.25, -0.2) is 4.79 Å². The molecule has 5 heteroatoms. The quantitative estimate of drug-likeness (QED) is 0.758. The lowest BCUT2D eigenvalue weighted by atomic mass is 9.83. The third-order valence-corrected chi connectivity index (χ3v) is 6.70. The summed E-state index contributed by atoms with van der Waals surface area (Å²) in [7, 11) is 2.23. The van der Waals surface area contributed by atoms with Crippen LogP contribution in [0.15, 0.2) is 0 Å². The molecule has 0 radical (unpaired) electrons. The normalized spacial score (nSPS) is 29.7. The van der Waals surface area contributed by atoms with Gasteiger partial charge in [0.05, 0.1) is 0 Å². The molecule has 2 bridgehead atoms. The van der Waals surface area contributed by atoms with E-state index in [1.54, 1.807) is 0 Å². The van der Waals surface area contributed by atoms with Crippen LogP contribution < -0.4 is 5.32 Å². The number of hydrogen-bond acceptors (Lipinski definition) is 3. The van der Waals surface area contributed by atoms with E-state index >= 15 is 0 Å². The predicted octanol–water partition coefficient (Wildman–Crippen LogP) is 2.85. The molecular formula is C19H35N3O2. The summed E-state index contributed by atoms with van der Waals surface area (Å²) >= 11 is 0. The summed E-state index contributed by atoms with van der Waals surface area (Å²) in [6, 6.07) is 1.39. The minimum atomic E-state index is 0.152. The van der Waals surface area contributed by atoms with Gasteiger partial charge in [0.1, 0.15) is 0 Å². The highest BCUT2D eigenvalue weighted by Gasteiger charge is 2.37. The molecule has 1 aliphatic carbocycles. The van der Waals surface area contributed by atoms with Crippen LogP contribution in [0, 0.1) is 5.41 Å². The number of nitrogens with one attached hydrogen (secondary N) is 1. The van der Waals surface area contributed by atoms with Gasteiger partial charge in [0, 0.05) is 44.9 Å². The van der Waals surface area contributed by atoms with Crippen LogP contribution in [0.2, 0.25) is 0 Å². The number of fused-ring (bicyclic) bond motifs is 2. The van der Waals surface area contributed by atoms with E-state index in [9.17, 15) is 4.79 Å². The van der Waals surface area contributed by atoms with Crippen LogP contribution in [0.5, 0.6) is 0 Å². The van der Waals surface area contributed by atoms with Crippen molar-refractivity contribution in [2.45, 2.75) is 70.4 Å². The molecule has 0 unspecified atom stereocenters. The number of carbonyl (C=O) groups excluding carboxylic acids is 1. The number of hydrogen-bond donors (Lipinski definition) is 1. The summed E-state index contributed by atoms with van der Waals surface area (Å²) in [5.41, 5.74) is 0.270. The molecule has 2 saturated heterocycles. The van der Waals surface area contributed by atoms with Crippen molar-refractivity contribution in [2.24, 2.45) is 5.41 Å². The average molecular weight is 338 g/mol. The number of amides is 2. The largest absolute Gasteiger partial charge is 0.382 e. The van der Waals surface area contributed by atoms with Gasteiger partial charge in [0.15, 0.2) is 0 Å². The first-order valence-corrected chi connectivity index (χ1v) is 9.96. The molecule has 5 nitrogen and oxygen atoms in total. The summed E-state index contributed by atoms with van der Waals surface area (Å²) in [5, 5.41) is 3.28. The molecule has 3 fully saturated rings. The fourth-order valence-electron chi connectivity index (χ4n) is 4.94. The highest BCUT2D eigenvalue weighted by molar-refractivity contribution is 5.74. The van der Waals surface area contributed by atoms with Crippen LogP contribution in [0.3, 0.4) is 0 Å². The maximum absolute atomic E-state index is 12.7. The Kier molecular flexibility index (Phi) is 6.03. The second-order valence-electron chi connectivity index (χ2n) is 8.10. The van der Waals surface area contributed by atoms with Crippen molar-refractivity contribution in [3.8, 4) is 0 Å². The van der Waals surface area contributed by atoms with E-state index in [0.29, 0.717) is 12.1 Å². The van der Waals surface area contributed by atoms with Crippen LogP contribution in [-0.2, 0) is 4.74 Å². The van der Waals surface area contributed by atoms with Gasteiger partial charge in [-0.05, 0) is 57.9 Å². The Morgan fingerprint density at radius 2 is 1.96 bits per heavy atom. The first kappa shape index (κ1) is 18.0. The zero-order valence-corrected chi connectivity index (χ0v) is 15.6. The fourth-order valence-corrected chi connectivity index (χ4v) is 4.94. The van der Waals surface area contributed by atoms with Gasteiger partial charge >= 0.3 is 6.03 Å². The van der Waals surface area contributed by atoms with Crippen molar-refractivity contribution in [1.29, 1.82) is 0 Å². The van der Waals surface area contributed by atoms with Gasteiger partial charge in [0.2, 0.25) is 0 Å². The topological polar surface area (TPSA) is 44.8 Å². The number of carbonyl (C=O) groups is 1. The molecule has 2 heterocycles. The van der Waals surface area contributed by atoms with Gasteiger partial charge < -0.3 is 15.0 Å². The van der Waals surface area contributed by atoms with Crippen LogP contribution in [0.1, 0.15) is 58.3 Å². The van der Waals surface area contributed by atoms with Crippen molar-refractivity contribution >= 4 is 6.03 Å². The van der Waals surface area contributed by atoms with Crippen LogP contribution in [-0.4, -0.2) is 67.8 Å². The van der Waals surface area contributed by atoms with Crippen molar-refractivity contribution < 1.29 is 9.53 Å². The van der Waals surface area contributed by atoms with Crippen molar-refractivity contribution in [2.75, 3.05) is 39.9 Å². The van der Waals surface area contributed by atoms with E-state index < -0.39 is 0 Å². The molecule has 0 aromatic rings. The summed E-state index contributed by atoms with van der Waals surface area (Å²) in [6.07, 6.45) is 9.78. The zero-order chi connectivity index (χ0) is 17.0. The van der Waals surface area contributed by atoms with E-state index in [4.69, 9.17) is 4.74 Å². The third kappa shape index (κ3) is 4.05. The molecular weight excluding hydrogens is 302 g/mol. The third-order valence-electron chi connectivity index (χ3n) is 6.70. The number of likely N-dealkylation sites (N-methyl/N-ethyl adjacent to an activating group) is 1. The first-order chi connectivity index (χ1) is 11.6. The number of urea groups is 1. The van der Waals surface area contributed by atoms with Crippen LogP contribution in [0.4, 0.5) is 4.79 Å². The van der Waals surface area contributed by atoms with Crippen LogP contribution in [0.25, 0.3) is 0 Å². The lowest BCUT2D eigenvalue weighted by molar-refractivity contribution is 0.102. The Morgan fingerprint density at radius 1 is 1.21 bits per heavy atom. The SMILES string of the molecule is CCOCCC1(CNC(=O)N2CC[C@H]3CC[C@@H](C2)N3C)CCCC1. The number of ether oxygens (including phenoxy) is 1. The lowest BCUT2D eigenvalue weighted by Crippen LogP contribution is -2.47. The van der Waals surface area contributed by atoms with E-state index in [-0.39, 0.29) is 11.4 Å². The first-order valence-electron chi connectivity index (χ1n) is 9.96. The zero-order valence-electron chi connectivity index (χ0n) is 15.6. The minimum absolute atomic E-state index is 0.152. The molecule has 1 N–H and O–H groups in total. The molecule has 2 amide bonds. The number of likely N-dealkylation sites (tertiary alicyclic amines) is 1. The molecule has 3 rings (SSSR count). The lowest BCUT2D eigenvalue weighted by Gasteiger charge is -2.32. The monoisotopic (exact) mass is 337 g/mol. The average Bonchev–Trinajstić information content (AvgIpc) is 3.11. The van der Waals surface area contributed by atoms with E-state index in [2.05, 4.69) is 22.2 Å². The second kappa shape index (κ2) is 8.05. The smallest absolute Gasteiger partial charge is 0.317 e. The Labute approximate surface area is 147 Å². The maximum Gasteiger partial charge on any atom is 0.317 e. The van der Waals surface area contributed by atoms with E-state index in [1.165, 1.54) is 38.5 Å². The maximum atomic E-state index is 12.7. The number of nitrogens with zero attached hydrogens (tertiary/aromatic N) is 2. The van der Waals surface area contributed by atoms with E-state index in [1.807, 2.05) is 6.92 Å². The minimum Gasteiger partial charge on any atom is -0.382 e. The van der Waals surface area contributed by atoms with Gasteiger partial charge in [-0.15, -0.1) is 0 Å². The highest BCUT2D eigenvalue weighted by atomic mass is 16.5. The van der Waals surface area contributed by atoms with Crippen molar-refractivity contribution in [3.63, 3.8) is 0 Å². The molecule has 2 aliphatic heterocycles. The summed E-state index contributed by atoms with van der Waals surface area (Å²) in [4.78, 5) is 17.3. The molecule has 0 aromatic heterocycles. The van der Waals surface area contributed by atoms with E-state index in [0.717, 1.165) is 45.7 Å². The Balaban J connectivity index is 1.50. The predicted molar refractivity (Wildman–Crippen MR) is 96.2 cm³/mol. The summed E-state index contributed by atoms with van der Waals surface area (Å²) in [5.74, 6) is 0. The molecule has 3 aliphatic rings. The highest BCUT2D eigenvalue weighted by Crippen LogP contribution is 2.40. The van der Waals surface area contributed by atoms with Crippen molar-refractivity contribution in [1.82, 2.24) is 15.1 Å². The fraction of sp³-hybridized carbons (Fsp3) is 0.947. The molecule has 2 atom stereocenters. The number of rotatable bonds is 6. The summed E-state index contributed by atoms with van der Waals surface area (Å²) < 4.78 is 5.58. The second-order valence-corrected chi connectivity index (χ2v) is 8.10. The molecule has 0 aromatic carbocycles.